The van der Waals surface area contributed by atoms with E-state index < -0.39 is 5.97 Å². The lowest BCUT2D eigenvalue weighted by Crippen LogP contribution is -2.57. The number of nitrogens with zero attached hydrogens (tertiary/aromatic N) is 2. The molecule has 1 saturated heterocycles. The van der Waals surface area contributed by atoms with Gasteiger partial charge in [0.25, 0.3) is 5.91 Å². The number of benzene rings is 2. The summed E-state index contributed by atoms with van der Waals surface area (Å²) in [5, 5.41) is 8.79. The van der Waals surface area contributed by atoms with Crippen molar-refractivity contribution in [2.45, 2.75) is 45.3 Å². The van der Waals surface area contributed by atoms with Crippen LogP contribution in [-0.2, 0) is 17.8 Å². The molecule has 5 nitrogen and oxygen atoms in total. The maximum Gasteiger partial charge on any atom is 0.303 e. The molecule has 2 atom stereocenters. The van der Waals surface area contributed by atoms with Crippen molar-refractivity contribution in [3.05, 3.63) is 71.3 Å². The maximum absolute atomic E-state index is 12.9. The van der Waals surface area contributed by atoms with Crippen LogP contribution in [0.1, 0.15) is 41.8 Å². The van der Waals surface area contributed by atoms with Crippen molar-refractivity contribution in [1.29, 1.82) is 0 Å². The van der Waals surface area contributed by atoms with Gasteiger partial charge in [-0.05, 0) is 43.5 Å². The third-order valence-corrected chi connectivity index (χ3v) is 5.43. The summed E-state index contributed by atoms with van der Waals surface area (Å²) in [7, 11) is 0. The molecule has 1 amide bonds. The van der Waals surface area contributed by atoms with E-state index in [2.05, 4.69) is 43.0 Å². The maximum atomic E-state index is 12.9. The van der Waals surface area contributed by atoms with Crippen LogP contribution in [0.25, 0.3) is 0 Å². The number of carbonyl (C=O) groups is 2. The molecule has 1 fully saturated rings. The average Bonchev–Trinajstić information content (AvgIpc) is 2.69. The third kappa shape index (κ3) is 4.98. The number of carbonyl (C=O) groups excluding carboxylic acids is 1. The average molecular weight is 380 g/mol. The largest absolute Gasteiger partial charge is 0.481 e. The van der Waals surface area contributed by atoms with Crippen molar-refractivity contribution >= 4 is 11.9 Å². The minimum atomic E-state index is -0.809. The highest BCUT2D eigenvalue weighted by atomic mass is 16.4. The standard InChI is InChI=1S/C23H28N2O3/c1-17-14-24(15-18(2)25(17)16-20-6-4-3-5-7-20)23(28)21-11-8-19(9-12-21)10-13-22(26)27/h3-9,11-12,17-18H,10,13-16H2,1-2H3,(H,26,27)/t17-,18+. The zero-order valence-corrected chi connectivity index (χ0v) is 16.5. The Hall–Kier alpha value is -2.66. The fourth-order valence-corrected chi connectivity index (χ4v) is 3.88. The van der Waals surface area contributed by atoms with E-state index in [0.29, 0.717) is 25.1 Å². The molecule has 0 unspecified atom stereocenters. The number of hydrogen-bond donors (Lipinski definition) is 1. The van der Waals surface area contributed by atoms with Gasteiger partial charge >= 0.3 is 5.97 Å². The van der Waals surface area contributed by atoms with Crippen molar-refractivity contribution in [3.8, 4) is 0 Å². The van der Waals surface area contributed by atoms with Crippen molar-refractivity contribution in [3.63, 3.8) is 0 Å². The molecule has 0 aliphatic carbocycles. The van der Waals surface area contributed by atoms with Crippen molar-refractivity contribution in [1.82, 2.24) is 9.80 Å². The predicted molar refractivity (Wildman–Crippen MR) is 109 cm³/mol. The van der Waals surface area contributed by atoms with Crippen molar-refractivity contribution in [2.24, 2.45) is 0 Å². The Kier molecular flexibility index (Phi) is 6.47. The second kappa shape index (κ2) is 9.02. The Morgan fingerprint density at radius 3 is 2.11 bits per heavy atom. The molecule has 1 aliphatic rings. The van der Waals surface area contributed by atoms with Crippen LogP contribution in [-0.4, -0.2) is 52.0 Å². The number of piperazine rings is 1. The number of carboxylic acids is 1. The first-order chi connectivity index (χ1) is 13.4. The molecule has 28 heavy (non-hydrogen) atoms. The van der Waals surface area contributed by atoms with E-state index in [-0.39, 0.29) is 24.4 Å². The number of amides is 1. The Morgan fingerprint density at radius 2 is 1.54 bits per heavy atom. The van der Waals surface area contributed by atoms with Crippen LogP contribution in [0.4, 0.5) is 0 Å². The molecule has 148 valence electrons. The highest BCUT2D eigenvalue weighted by molar-refractivity contribution is 5.94. The van der Waals surface area contributed by atoms with Gasteiger partial charge in [-0.15, -0.1) is 0 Å². The normalized spacial score (nSPS) is 20.1. The van der Waals surface area contributed by atoms with Gasteiger partial charge < -0.3 is 10.0 Å². The van der Waals surface area contributed by atoms with Gasteiger partial charge in [-0.3, -0.25) is 14.5 Å². The molecule has 0 saturated carbocycles. The molecule has 0 spiro atoms. The van der Waals surface area contributed by atoms with Gasteiger partial charge in [-0.1, -0.05) is 42.5 Å². The quantitative estimate of drug-likeness (QED) is 0.834. The van der Waals surface area contributed by atoms with Gasteiger partial charge in [-0.2, -0.15) is 0 Å². The monoisotopic (exact) mass is 380 g/mol. The zero-order chi connectivity index (χ0) is 20.1. The lowest BCUT2D eigenvalue weighted by molar-refractivity contribution is -0.136. The SMILES string of the molecule is C[C@@H]1CN(C(=O)c2ccc(CCC(=O)O)cc2)C[C@H](C)N1Cc1ccccc1. The van der Waals surface area contributed by atoms with Gasteiger partial charge in [0.15, 0.2) is 0 Å². The van der Waals surface area contributed by atoms with Crippen LogP contribution < -0.4 is 0 Å². The fraction of sp³-hybridized carbons (Fsp3) is 0.391. The van der Waals surface area contributed by atoms with Gasteiger partial charge in [0.1, 0.15) is 0 Å². The fourth-order valence-electron chi connectivity index (χ4n) is 3.88. The van der Waals surface area contributed by atoms with Crippen LogP contribution in [0.2, 0.25) is 0 Å². The second-order valence-electron chi connectivity index (χ2n) is 7.66. The Labute approximate surface area is 166 Å². The topological polar surface area (TPSA) is 60.9 Å². The Bertz CT molecular complexity index is 792. The molecule has 0 aromatic heterocycles. The molecule has 1 N–H and O–H groups in total. The number of hydrogen-bond acceptors (Lipinski definition) is 3. The molecule has 0 bridgehead atoms. The summed E-state index contributed by atoms with van der Waals surface area (Å²) in [6.45, 7) is 6.65. The summed E-state index contributed by atoms with van der Waals surface area (Å²) < 4.78 is 0. The van der Waals surface area contributed by atoms with Crippen LogP contribution in [0.15, 0.2) is 54.6 Å². The van der Waals surface area contributed by atoms with Gasteiger partial charge in [0, 0.05) is 43.7 Å². The number of carboxylic acid groups (broad SMARTS) is 1. The first-order valence-electron chi connectivity index (χ1n) is 9.83. The van der Waals surface area contributed by atoms with Gasteiger partial charge in [0.05, 0.1) is 0 Å². The lowest BCUT2D eigenvalue weighted by Gasteiger charge is -2.44. The molecule has 1 aliphatic heterocycles. The van der Waals surface area contributed by atoms with Crippen molar-refractivity contribution < 1.29 is 14.7 Å². The summed E-state index contributed by atoms with van der Waals surface area (Å²) in [5.41, 5.74) is 2.89. The van der Waals surface area contributed by atoms with Gasteiger partial charge in [0.2, 0.25) is 0 Å². The molecule has 2 aromatic carbocycles. The van der Waals surface area contributed by atoms with Gasteiger partial charge in [-0.25, -0.2) is 0 Å². The lowest BCUT2D eigenvalue weighted by atomic mass is 10.0. The highest BCUT2D eigenvalue weighted by Crippen LogP contribution is 2.21. The number of rotatable bonds is 6. The van der Waals surface area contributed by atoms with Crippen LogP contribution >= 0.6 is 0 Å². The van der Waals surface area contributed by atoms with Crippen LogP contribution in [0.5, 0.6) is 0 Å². The van der Waals surface area contributed by atoms with E-state index in [1.807, 2.05) is 35.2 Å². The number of aliphatic carboxylic acids is 1. The minimum absolute atomic E-state index is 0.0443. The predicted octanol–water partition coefficient (Wildman–Crippen LogP) is 3.44. The smallest absolute Gasteiger partial charge is 0.303 e. The number of aryl methyl sites for hydroxylation is 1. The molecule has 3 rings (SSSR count). The first kappa shape index (κ1) is 20.1. The van der Waals surface area contributed by atoms with E-state index >= 15 is 0 Å². The zero-order valence-electron chi connectivity index (χ0n) is 16.5. The summed E-state index contributed by atoms with van der Waals surface area (Å²) in [6, 6.07) is 18.3. The van der Waals surface area contributed by atoms with Crippen LogP contribution in [0, 0.1) is 0 Å². The summed E-state index contributed by atoms with van der Waals surface area (Å²) in [5.74, 6) is -0.764. The highest BCUT2D eigenvalue weighted by Gasteiger charge is 2.32. The molecule has 2 aromatic rings. The Balaban J connectivity index is 1.62. The van der Waals surface area contributed by atoms with Crippen LogP contribution in [0.3, 0.4) is 0 Å². The van der Waals surface area contributed by atoms with E-state index in [0.717, 1.165) is 12.1 Å². The third-order valence-electron chi connectivity index (χ3n) is 5.43. The molecule has 5 heteroatoms. The Morgan fingerprint density at radius 1 is 0.929 bits per heavy atom. The molecule has 1 heterocycles. The van der Waals surface area contributed by atoms with E-state index in [1.165, 1.54) is 5.56 Å². The molecule has 0 radical (unpaired) electrons. The minimum Gasteiger partial charge on any atom is -0.481 e. The van der Waals surface area contributed by atoms with E-state index in [9.17, 15) is 9.59 Å². The summed E-state index contributed by atoms with van der Waals surface area (Å²) in [4.78, 5) is 28.0. The van der Waals surface area contributed by atoms with E-state index in [1.54, 1.807) is 0 Å². The second-order valence-corrected chi connectivity index (χ2v) is 7.66. The first-order valence-corrected chi connectivity index (χ1v) is 9.83. The van der Waals surface area contributed by atoms with Crippen molar-refractivity contribution in [2.75, 3.05) is 13.1 Å². The molecular formula is C23H28N2O3. The summed E-state index contributed by atoms with van der Waals surface area (Å²) >= 11 is 0. The van der Waals surface area contributed by atoms with E-state index in [4.69, 9.17) is 5.11 Å². The summed E-state index contributed by atoms with van der Waals surface area (Å²) in [6.07, 6.45) is 0.585. The molecular weight excluding hydrogens is 352 g/mol.